The molecule has 0 radical (unpaired) electrons. The average Bonchev–Trinajstić information content (AvgIpc) is 2.36. The van der Waals surface area contributed by atoms with Gasteiger partial charge in [0.05, 0.1) is 5.56 Å². The molecule has 0 saturated carbocycles. The predicted molar refractivity (Wildman–Crippen MR) is 79.9 cm³/mol. The van der Waals surface area contributed by atoms with Crippen molar-refractivity contribution < 1.29 is 13.2 Å². The zero-order valence-corrected chi connectivity index (χ0v) is 13.5. The van der Waals surface area contributed by atoms with Crippen LogP contribution in [0, 0.1) is 5.41 Å². The van der Waals surface area contributed by atoms with Gasteiger partial charge in [-0.05, 0) is 47.9 Å². The molecule has 0 spiro atoms. The van der Waals surface area contributed by atoms with Gasteiger partial charge in [-0.2, -0.15) is 13.2 Å². The Bertz CT molecular complexity index is 398. The van der Waals surface area contributed by atoms with E-state index in [-0.39, 0.29) is 5.41 Å². The van der Waals surface area contributed by atoms with Crippen LogP contribution < -0.4 is 0 Å². The van der Waals surface area contributed by atoms with Crippen LogP contribution in [0.1, 0.15) is 64.7 Å². The summed E-state index contributed by atoms with van der Waals surface area (Å²) in [5.41, 5.74) is 1.46. The van der Waals surface area contributed by atoms with Gasteiger partial charge in [-0.25, -0.2) is 0 Å². The highest BCUT2D eigenvalue weighted by Crippen LogP contribution is 2.32. The Morgan fingerprint density at radius 2 is 1.50 bits per heavy atom. The molecular weight excluding hydrogens is 261 g/mol. The second kappa shape index (κ2) is 7.70. The van der Waals surface area contributed by atoms with Crippen molar-refractivity contribution in [3.63, 3.8) is 0 Å². The topological polar surface area (TPSA) is 0 Å². The van der Waals surface area contributed by atoms with Crippen molar-refractivity contribution in [3.8, 4) is 0 Å². The first kappa shape index (κ1) is 19.0. The second-order valence-electron chi connectivity index (χ2n) is 5.90. The Balaban J connectivity index is 0.00000172. The summed E-state index contributed by atoms with van der Waals surface area (Å²) in [6.07, 6.45) is -1.88. The third-order valence-electron chi connectivity index (χ3n) is 3.06. The first-order valence-corrected chi connectivity index (χ1v) is 7.32. The van der Waals surface area contributed by atoms with E-state index in [1.807, 2.05) is 20.8 Å². The lowest BCUT2D eigenvalue weighted by atomic mass is 9.87. The molecule has 0 aliphatic rings. The lowest BCUT2D eigenvalue weighted by Gasteiger charge is -2.19. The fourth-order valence-electron chi connectivity index (χ4n) is 1.89. The van der Waals surface area contributed by atoms with Gasteiger partial charge in [-0.1, -0.05) is 47.6 Å². The van der Waals surface area contributed by atoms with E-state index in [1.54, 1.807) is 6.07 Å². The first-order chi connectivity index (χ1) is 9.13. The van der Waals surface area contributed by atoms with Crippen molar-refractivity contribution in [1.29, 1.82) is 0 Å². The number of benzene rings is 1. The fraction of sp³-hybridized carbons (Fsp3) is 0.647. The molecule has 116 valence electrons. The largest absolute Gasteiger partial charge is 0.416 e. The first-order valence-electron chi connectivity index (χ1n) is 7.32. The minimum atomic E-state index is -4.25. The summed E-state index contributed by atoms with van der Waals surface area (Å²) >= 11 is 0. The lowest BCUT2D eigenvalue weighted by molar-refractivity contribution is -0.137. The van der Waals surface area contributed by atoms with E-state index in [1.165, 1.54) is 12.1 Å². The molecule has 0 aromatic heterocycles. The van der Waals surface area contributed by atoms with Gasteiger partial charge >= 0.3 is 6.18 Å². The Morgan fingerprint density at radius 1 is 0.950 bits per heavy atom. The highest BCUT2D eigenvalue weighted by Gasteiger charge is 2.30. The molecule has 0 nitrogen and oxygen atoms in total. The number of alkyl halides is 3. The number of hydrogen-bond donors (Lipinski definition) is 0. The maximum Gasteiger partial charge on any atom is 0.416 e. The molecule has 1 aromatic carbocycles. The van der Waals surface area contributed by atoms with Crippen molar-refractivity contribution in [2.45, 2.75) is 67.0 Å². The maximum atomic E-state index is 12.7. The van der Waals surface area contributed by atoms with Crippen LogP contribution in [0.3, 0.4) is 0 Å². The number of aryl methyl sites for hydroxylation is 2. The van der Waals surface area contributed by atoms with Crippen LogP contribution in [0.5, 0.6) is 0 Å². The predicted octanol–water partition coefficient (Wildman–Crippen LogP) is 6.27. The third kappa shape index (κ3) is 6.44. The standard InChI is InChI=1S/C15H21F3.C2H6/c1-5-11-6-7-13(15(16,17)18)10-12(11)8-9-14(2,3)4;1-2/h6-7,10H,5,8-9H2,1-4H3;1-2H3. The van der Waals surface area contributed by atoms with E-state index in [4.69, 9.17) is 0 Å². The molecule has 0 atom stereocenters. The van der Waals surface area contributed by atoms with Gasteiger partial charge in [0.2, 0.25) is 0 Å². The van der Waals surface area contributed by atoms with Gasteiger partial charge in [0.25, 0.3) is 0 Å². The van der Waals surface area contributed by atoms with Crippen LogP contribution in [0.2, 0.25) is 0 Å². The van der Waals surface area contributed by atoms with Crippen LogP contribution in [0.15, 0.2) is 18.2 Å². The monoisotopic (exact) mass is 288 g/mol. The van der Waals surface area contributed by atoms with Crippen molar-refractivity contribution >= 4 is 0 Å². The minimum absolute atomic E-state index is 0.138. The normalized spacial score (nSPS) is 11.8. The van der Waals surface area contributed by atoms with Gasteiger partial charge in [0, 0.05) is 0 Å². The molecule has 0 saturated heterocycles. The van der Waals surface area contributed by atoms with Crippen LogP contribution in [0.25, 0.3) is 0 Å². The Morgan fingerprint density at radius 3 is 1.90 bits per heavy atom. The van der Waals surface area contributed by atoms with E-state index < -0.39 is 11.7 Å². The highest BCUT2D eigenvalue weighted by atomic mass is 19.4. The summed E-state index contributed by atoms with van der Waals surface area (Å²) in [5.74, 6) is 0. The number of hydrogen-bond acceptors (Lipinski definition) is 0. The van der Waals surface area contributed by atoms with Crippen LogP contribution >= 0.6 is 0 Å². The molecule has 0 unspecified atom stereocenters. The average molecular weight is 288 g/mol. The van der Waals surface area contributed by atoms with Crippen LogP contribution in [-0.4, -0.2) is 0 Å². The van der Waals surface area contributed by atoms with Crippen LogP contribution in [0.4, 0.5) is 13.2 Å². The SMILES string of the molecule is CC.CCc1ccc(C(F)(F)F)cc1CCC(C)(C)C. The van der Waals surface area contributed by atoms with E-state index in [9.17, 15) is 13.2 Å². The van der Waals surface area contributed by atoms with Crippen molar-refractivity contribution in [2.75, 3.05) is 0 Å². The Hall–Kier alpha value is -0.990. The van der Waals surface area contributed by atoms with Gasteiger partial charge in [0.1, 0.15) is 0 Å². The van der Waals surface area contributed by atoms with Gasteiger partial charge in [0.15, 0.2) is 0 Å². The summed E-state index contributed by atoms with van der Waals surface area (Å²) < 4.78 is 38.0. The molecule has 0 heterocycles. The van der Waals surface area contributed by atoms with Gasteiger partial charge in [-0.15, -0.1) is 0 Å². The summed E-state index contributed by atoms with van der Waals surface area (Å²) in [4.78, 5) is 0. The molecule has 0 amide bonds. The maximum absolute atomic E-state index is 12.7. The fourth-order valence-corrected chi connectivity index (χ4v) is 1.89. The zero-order valence-electron chi connectivity index (χ0n) is 13.5. The number of rotatable bonds is 3. The molecule has 3 heteroatoms. The molecule has 0 N–H and O–H groups in total. The summed E-state index contributed by atoms with van der Waals surface area (Å²) in [7, 11) is 0. The van der Waals surface area contributed by atoms with Gasteiger partial charge < -0.3 is 0 Å². The summed E-state index contributed by atoms with van der Waals surface area (Å²) in [5, 5.41) is 0. The van der Waals surface area contributed by atoms with Crippen LogP contribution in [-0.2, 0) is 19.0 Å². The number of halogens is 3. The molecule has 1 aromatic rings. The molecule has 0 fully saturated rings. The smallest absolute Gasteiger partial charge is 0.166 e. The highest BCUT2D eigenvalue weighted by molar-refractivity contribution is 5.33. The van der Waals surface area contributed by atoms with E-state index in [0.717, 1.165) is 24.0 Å². The minimum Gasteiger partial charge on any atom is -0.166 e. The molecule has 0 bridgehead atoms. The quantitative estimate of drug-likeness (QED) is 0.614. The van der Waals surface area contributed by atoms with E-state index >= 15 is 0 Å². The summed E-state index contributed by atoms with van der Waals surface area (Å²) in [6, 6.07) is 4.10. The molecule has 0 aliphatic carbocycles. The van der Waals surface area contributed by atoms with Crippen molar-refractivity contribution in [2.24, 2.45) is 5.41 Å². The molecule has 20 heavy (non-hydrogen) atoms. The van der Waals surface area contributed by atoms with Crippen molar-refractivity contribution in [1.82, 2.24) is 0 Å². The molecule has 0 aliphatic heterocycles. The Kier molecular flexibility index (Phi) is 7.32. The molecule has 1 rings (SSSR count). The Labute approximate surface area is 121 Å². The summed E-state index contributed by atoms with van der Waals surface area (Å²) in [6.45, 7) is 12.3. The second-order valence-corrected chi connectivity index (χ2v) is 5.90. The van der Waals surface area contributed by atoms with E-state index in [0.29, 0.717) is 6.42 Å². The third-order valence-corrected chi connectivity index (χ3v) is 3.06. The van der Waals surface area contributed by atoms with Gasteiger partial charge in [-0.3, -0.25) is 0 Å². The van der Waals surface area contributed by atoms with Crippen molar-refractivity contribution in [3.05, 3.63) is 34.9 Å². The van der Waals surface area contributed by atoms with E-state index in [2.05, 4.69) is 20.8 Å². The zero-order chi connectivity index (χ0) is 16.0. The lowest BCUT2D eigenvalue weighted by Crippen LogP contribution is -2.10. The molecular formula is C17H27F3.